The van der Waals surface area contributed by atoms with Gasteiger partial charge in [0.1, 0.15) is 0 Å². The van der Waals surface area contributed by atoms with Gasteiger partial charge in [0, 0.05) is 17.5 Å². The van der Waals surface area contributed by atoms with Gasteiger partial charge in [-0.2, -0.15) is 5.10 Å². The van der Waals surface area contributed by atoms with Crippen LogP contribution in [0.1, 0.15) is 36.0 Å². The van der Waals surface area contributed by atoms with Crippen LogP contribution in [0.3, 0.4) is 0 Å². The lowest BCUT2D eigenvalue weighted by Crippen LogP contribution is -2.49. The highest BCUT2D eigenvalue weighted by molar-refractivity contribution is 5.98. The lowest BCUT2D eigenvalue weighted by Gasteiger charge is -2.39. The van der Waals surface area contributed by atoms with Gasteiger partial charge < -0.3 is 9.64 Å². The molecule has 2 aromatic rings. The second kappa shape index (κ2) is 5.72. The van der Waals surface area contributed by atoms with Crippen molar-refractivity contribution in [2.24, 2.45) is 5.92 Å². The summed E-state index contributed by atoms with van der Waals surface area (Å²) in [6, 6.07) is 5.97. The van der Waals surface area contributed by atoms with Crippen LogP contribution in [0.4, 0.5) is 0 Å². The van der Waals surface area contributed by atoms with Gasteiger partial charge in [-0.3, -0.25) is 9.89 Å². The molecule has 1 saturated carbocycles. The average Bonchev–Trinajstić information content (AvgIpc) is 2.98. The van der Waals surface area contributed by atoms with Crippen molar-refractivity contribution in [1.82, 2.24) is 15.1 Å². The van der Waals surface area contributed by atoms with E-state index in [1.54, 1.807) is 6.20 Å². The molecule has 5 nitrogen and oxygen atoms in total. The molecule has 0 bridgehead atoms. The number of ether oxygens (including phenoxy) is 1. The third-order valence-electron chi connectivity index (χ3n) is 5.01. The summed E-state index contributed by atoms with van der Waals surface area (Å²) in [5.74, 6) is 0.897. The van der Waals surface area contributed by atoms with Gasteiger partial charge in [-0.1, -0.05) is 19.3 Å². The van der Waals surface area contributed by atoms with Crippen LogP contribution in [0.5, 0.6) is 0 Å². The van der Waals surface area contributed by atoms with E-state index in [2.05, 4.69) is 10.2 Å². The molecular formula is C17H21N3O2. The molecule has 5 heteroatoms. The maximum Gasteiger partial charge on any atom is 0.254 e. The summed E-state index contributed by atoms with van der Waals surface area (Å²) < 4.78 is 5.62. The fourth-order valence-electron chi connectivity index (χ4n) is 3.47. The first-order valence-corrected chi connectivity index (χ1v) is 8.13. The summed E-state index contributed by atoms with van der Waals surface area (Å²) in [6.45, 7) is 2.01. The van der Waals surface area contributed by atoms with Crippen molar-refractivity contribution in [2.75, 3.05) is 19.8 Å². The zero-order valence-corrected chi connectivity index (χ0v) is 12.6. The van der Waals surface area contributed by atoms with Crippen molar-refractivity contribution >= 4 is 16.8 Å². The minimum Gasteiger partial charge on any atom is -0.377 e. The number of carbonyl (C=O) groups excluding carboxylic acids is 1. The molecule has 22 heavy (non-hydrogen) atoms. The van der Waals surface area contributed by atoms with Crippen LogP contribution in [0.15, 0.2) is 24.4 Å². The number of morpholine rings is 1. The largest absolute Gasteiger partial charge is 0.377 e. The number of benzene rings is 1. The number of hydrogen-bond acceptors (Lipinski definition) is 3. The number of aromatic amines is 1. The van der Waals surface area contributed by atoms with E-state index in [1.807, 2.05) is 23.1 Å². The van der Waals surface area contributed by atoms with E-state index in [0.29, 0.717) is 19.8 Å². The second-order valence-corrected chi connectivity index (χ2v) is 6.43. The Kier molecular flexibility index (Phi) is 3.58. The Bertz CT molecular complexity index is 677. The number of H-pyrrole nitrogens is 1. The number of fused-ring (bicyclic) bond motifs is 1. The minimum absolute atomic E-state index is 0.121. The topological polar surface area (TPSA) is 58.2 Å². The van der Waals surface area contributed by atoms with Crippen LogP contribution in [0.2, 0.25) is 0 Å². The van der Waals surface area contributed by atoms with E-state index in [1.165, 1.54) is 19.3 Å². The maximum atomic E-state index is 12.9. The highest BCUT2D eigenvalue weighted by atomic mass is 16.5. The molecule has 1 aromatic heterocycles. The SMILES string of the molecule is O=C(c1ccc2[nH]ncc2c1)N1CCOCC1CC1CCC1. The molecule has 2 aliphatic rings. The molecule has 1 aliphatic heterocycles. The summed E-state index contributed by atoms with van der Waals surface area (Å²) in [5, 5.41) is 7.92. The van der Waals surface area contributed by atoms with Gasteiger partial charge in [0.05, 0.1) is 31.0 Å². The zero-order valence-electron chi connectivity index (χ0n) is 12.6. The number of carbonyl (C=O) groups is 1. The first kappa shape index (κ1) is 13.8. The monoisotopic (exact) mass is 299 g/mol. The molecule has 1 amide bonds. The fourth-order valence-corrected chi connectivity index (χ4v) is 3.47. The predicted molar refractivity (Wildman–Crippen MR) is 83.7 cm³/mol. The van der Waals surface area contributed by atoms with Gasteiger partial charge in [-0.05, 0) is 30.5 Å². The summed E-state index contributed by atoms with van der Waals surface area (Å²) in [4.78, 5) is 14.9. The van der Waals surface area contributed by atoms with E-state index < -0.39 is 0 Å². The first-order chi connectivity index (χ1) is 10.8. The Hall–Kier alpha value is -1.88. The number of amides is 1. The van der Waals surface area contributed by atoms with Crippen LogP contribution < -0.4 is 0 Å². The van der Waals surface area contributed by atoms with Gasteiger partial charge in [-0.15, -0.1) is 0 Å². The molecule has 1 saturated heterocycles. The van der Waals surface area contributed by atoms with Gasteiger partial charge in [0.15, 0.2) is 0 Å². The Balaban J connectivity index is 1.55. The van der Waals surface area contributed by atoms with Crippen molar-refractivity contribution < 1.29 is 9.53 Å². The molecule has 1 unspecified atom stereocenters. The van der Waals surface area contributed by atoms with E-state index in [0.717, 1.165) is 28.8 Å². The molecule has 4 rings (SSSR count). The number of rotatable bonds is 3. The normalized spacial score (nSPS) is 22.7. The highest BCUT2D eigenvalue weighted by Crippen LogP contribution is 2.32. The van der Waals surface area contributed by atoms with Crippen LogP contribution >= 0.6 is 0 Å². The smallest absolute Gasteiger partial charge is 0.254 e. The predicted octanol–water partition coefficient (Wildman–Crippen LogP) is 2.59. The van der Waals surface area contributed by atoms with Crippen molar-refractivity contribution in [2.45, 2.75) is 31.7 Å². The minimum atomic E-state index is 0.121. The molecule has 1 aliphatic carbocycles. The Morgan fingerprint density at radius 1 is 1.41 bits per heavy atom. The first-order valence-electron chi connectivity index (χ1n) is 8.13. The van der Waals surface area contributed by atoms with E-state index in [4.69, 9.17) is 4.74 Å². The molecule has 116 valence electrons. The van der Waals surface area contributed by atoms with E-state index in [9.17, 15) is 4.79 Å². The average molecular weight is 299 g/mol. The Morgan fingerprint density at radius 3 is 3.14 bits per heavy atom. The second-order valence-electron chi connectivity index (χ2n) is 6.43. The molecule has 1 N–H and O–H groups in total. The quantitative estimate of drug-likeness (QED) is 0.947. The third kappa shape index (κ3) is 2.50. The Labute approximate surface area is 129 Å². The lowest BCUT2D eigenvalue weighted by molar-refractivity contribution is -0.0124. The van der Waals surface area contributed by atoms with Crippen molar-refractivity contribution in [3.05, 3.63) is 30.0 Å². The van der Waals surface area contributed by atoms with Crippen LogP contribution in [0, 0.1) is 5.92 Å². The van der Waals surface area contributed by atoms with Gasteiger partial charge >= 0.3 is 0 Å². The van der Waals surface area contributed by atoms with E-state index >= 15 is 0 Å². The highest BCUT2D eigenvalue weighted by Gasteiger charge is 2.31. The van der Waals surface area contributed by atoms with Crippen LogP contribution in [-0.2, 0) is 4.74 Å². The number of hydrogen-bond donors (Lipinski definition) is 1. The standard InChI is InChI=1S/C17H21N3O2/c21-17(13-4-5-16-14(9-13)10-18-19-16)20-6-7-22-11-15(20)8-12-2-1-3-12/h4-5,9-10,12,15H,1-3,6-8,11H2,(H,18,19). The van der Waals surface area contributed by atoms with Crippen LogP contribution in [-0.4, -0.2) is 46.8 Å². The van der Waals surface area contributed by atoms with E-state index in [-0.39, 0.29) is 11.9 Å². The molecular weight excluding hydrogens is 278 g/mol. The summed E-state index contributed by atoms with van der Waals surface area (Å²) >= 11 is 0. The fraction of sp³-hybridized carbons (Fsp3) is 0.529. The molecule has 1 aromatic carbocycles. The van der Waals surface area contributed by atoms with Gasteiger partial charge in [0.2, 0.25) is 0 Å². The third-order valence-corrected chi connectivity index (χ3v) is 5.01. The summed E-state index contributed by atoms with van der Waals surface area (Å²) in [7, 11) is 0. The van der Waals surface area contributed by atoms with Crippen molar-refractivity contribution in [1.29, 1.82) is 0 Å². The van der Waals surface area contributed by atoms with Crippen molar-refractivity contribution in [3.63, 3.8) is 0 Å². The maximum absolute atomic E-state index is 12.9. The number of aromatic nitrogens is 2. The van der Waals surface area contributed by atoms with Gasteiger partial charge in [-0.25, -0.2) is 0 Å². The lowest BCUT2D eigenvalue weighted by atomic mass is 9.80. The zero-order chi connectivity index (χ0) is 14.9. The molecule has 0 radical (unpaired) electrons. The summed E-state index contributed by atoms with van der Waals surface area (Å²) in [6.07, 6.45) is 6.79. The molecule has 2 heterocycles. The number of nitrogens with zero attached hydrogens (tertiary/aromatic N) is 2. The van der Waals surface area contributed by atoms with Crippen LogP contribution in [0.25, 0.3) is 10.9 Å². The van der Waals surface area contributed by atoms with Gasteiger partial charge in [0.25, 0.3) is 5.91 Å². The molecule has 0 spiro atoms. The van der Waals surface area contributed by atoms with Crippen molar-refractivity contribution in [3.8, 4) is 0 Å². The molecule has 2 fully saturated rings. The molecule has 1 atom stereocenters. The Morgan fingerprint density at radius 2 is 2.32 bits per heavy atom. The summed E-state index contributed by atoms with van der Waals surface area (Å²) in [5.41, 5.74) is 1.71. The number of nitrogens with one attached hydrogen (secondary N) is 1.